The summed E-state index contributed by atoms with van der Waals surface area (Å²) in [7, 11) is 0. The number of rotatable bonds is 14. The number of aromatic hydroxyl groups is 1. The number of likely N-dealkylation sites (tertiary alicyclic amines) is 2. The molecule has 1 aromatic rings. The molecule has 2 saturated heterocycles. The van der Waals surface area contributed by atoms with Gasteiger partial charge >= 0.3 is 5.97 Å². The van der Waals surface area contributed by atoms with Crippen LogP contribution in [0.3, 0.4) is 0 Å². The van der Waals surface area contributed by atoms with Crippen LogP contribution in [-0.4, -0.2) is 140 Å². The lowest BCUT2D eigenvalue weighted by Crippen LogP contribution is -2.60. The number of carbonyl (C=O) groups is 6. The number of carbonyl (C=O) groups excluding carboxylic acids is 5. The summed E-state index contributed by atoms with van der Waals surface area (Å²) in [6.07, 6.45) is 1.16. The van der Waals surface area contributed by atoms with Crippen LogP contribution in [0.25, 0.3) is 0 Å². The fourth-order valence-electron chi connectivity index (χ4n) is 5.35. The maximum Gasteiger partial charge on any atom is 0.326 e. The number of carboxylic acid groups (broad SMARTS) is 1. The summed E-state index contributed by atoms with van der Waals surface area (Å²) in [5.74, 6) is -5.42. The van der Waals surface area contributed by atoms with E-state index >= 15 is 0 Å². The molecule has 0 radical (unpaired) electrons. The Morgan fingerprint density at radius 1 is 0.756 bits per heavy atom. The van der Waals surface area contributed by atoms with Gasteiger partial charge in [-0.2, -0.15) is 0 Å². The predicted octanol–water partition coefficient (Wildman–Crippen LogP) is -4.24. The number of amides is 5. The van der Waals surface area contributed by atoms with Gasteiger partial charge in [-0.05, 0) is 43.4 Å². The third-order valence-electron chi connectivity index (χ3n) is 7.80. The lowest BCUT2D eigenvalue weighted by atomic mass is 10.0. The smallest absolute Gasteiger partial charge is 0.326 e. The van der Waals surface area contributed by atoms with E-state index in [2.05, 4.69) is 16.0 Å². The molecule has 1 aromatic carbocycles. The number of carboxylic acids is 1. The van der Waals surface area contributed by atoms with E-state index in [9.17, 15) is 54.3 Å². The highest BCUT2D eigenvalue weighted by atomic mass is 16.4. The van der Waals surface area contributed by atoms with Crippen LogP contribution in [0, 0.1) is 0 Å². The van der Waals surface area contributed by atoms with Crippen molar-refractivity contribution in [3.63, 3.8) is 0 Å². The van der Waals surface area contributed by atoms with Crippen LogP contribution in [0.15, 0.2) is 24.3 Å². The fraction of sp³-hybridized carbons (Fsp3) is 0.571. The van der Waals surface area contributed by atoms with Crippen LogP contribution in [0.5, 0.6) is 5.75 Å². The van der Waals surface area contributed by atoms with E-state index in [1.165, 1.54) is 29.2 Å². The lowest BCUT2D eigenvalue weighted by molar-refractivity contribution is -0.150. The number of nitrogens with two attached hydrogens (primary N) is 1. The molecule has 248 valence electrons. The second-order valence-electron chi connectivity index (χ2n) is 10.9. The monoisotopic (exact) mass is 636 g/mol. The Labute approximate surface area is 258 Å². The van der Waals surface area contributed by atoms with Crippen LogP contribution >= 0.6 is 0 Å². The minimum absolute atomic E-state index is 0.0595. The third-order valence-corrected chi connectivity index (χ3v) is 7.80. The standard InChI is InChI=1S/C28H40N6O11/c29-17(12-35)26(42)33-9-1-3-21(33)25(41)31-19(13-36)24(40)30-18(11-15-5-7-16(38)8-6-15)23(39)32-20(14-37)27(43)34-10-2-4-22(34)28(44)45/h5-8,17-22,35-38H,1-4,9-14,29H2,(H,30,40)(H,31,41)(H,32,39)(H,44,45)/t17-,18-,19-,20-,21-,22-/m0/s1. The number of nitrogens with one attached hydrogen (secondary N) is 3. The zero-order valence-corrected chi connectivity index (χ0v) is 24.5. The molecule has 0 bridgehead atoms. The van der Waals surface area contributed by atoms with Crippen molar-refractivity contribution in [2.45, 2.75) is 68.4 Å². The fourth-order valence-corrected chi connectivity index (χ4v) is 5.35. The Morgan fingerprint density at radius 2 is 1.29 bits per heavy atom. The molecule has 2 fully saturated rings. The van der Waals surface area contributed by atoms with Gasteiger partial charge in [-0.3, -0.25) is 24.0 Å². The van der Waals surface area contributed by atoms with Crippen molar-refractivity contribution in [2.24, 2.45) is 5.73 Å². The molecule has 0 spiro atoms. The van der Waals surface area contributed by atoms with Gasteiger partial charge in [-0.15, -0.1) is 0 Å². The molecule has 0 aromatic heterocycles. The first-order chi connectivity index (χ1) is 21.4. The molecular formula is C28H40N6O11. The molecule has 0 unspecified atom stereocenters. The molecule has 0 aliphatic carbocycles. The van der Waals surface area contributed by atoms with Gasteiger partial charge in [-0.1, -0.05) is 12.1 Å². The molecule has 2 aliphatic rings. The van der Waals surface area contributed by atoms with Crippen molar-refractivity contribution in [1.29, 1.82) is 0 Å². The largest absolute Gasteiger partial charge is 0.508 e. The van der Waals surface area contributed by atoms with E-state index < -0.39 is 91.6 Å². The molecule has 45 heavy (non-hydrogen) atoms. The number of aliphatic carboxylic acids is 1. The average molecular weight is 637 g/mol. The molecule has 17 heteroatoms. The number of phenolic OH excluding ortho intramolecular Hbond substituents is 1. The van der Waals surface area contributed by atoms with Crippen molar-refractivity contribution in [1.82, 2.24) is 25.8 Å². The van der Waals surface area contributed by atoms with Crippen LogP contribution in [0.2, 0.25) is 0 Å². The van der Waals surface area contributed by atoms with Crippen molar-refractivity contribution < 1.29 is 54.3 Å². The number of hydrogen-bond acceptors (Lipinski definition) is 11. The van der Waals surface area contributed by atoms with Crippen molar-refractivity contribution in [3.05, 3.63) is 29.8 Å². The number of benzene rings is 1. The van der Waals surface area contributed by atoms with Gasteiger partial charge in [0.05, 0.1) is 19.8 Å². The van der Waals surface area contributed by atoms with Gasteiger partial charge < -0.3 is 57.0 Å². The highest BCUT2D eigenvalue weighted by Gasteiger charge is 2.40. The number of aliphatic hydroxyl groups is 3. The van der Waals surface area contributed by atoms with Gasteiger partial charge in [0.25, 0.3) is 0 Å². The maximum atomic E-state index is 13.4. The van der Waals surface area contributed by atoms with Crippen molar-refractivity contribution >= 4 is 35.5 Å². The second kappa shape index (κ2) is 16.1. The van der Waals surface area contributed by atoms with Gasteiger partial charge in [0.15, 0.2) is 0 Å². The van der Waals surface area contributed by atoms with Gasteiger partial charge in [-0.25, -0.2) is 4.79 Å². The highest BCUT2D eigenvalue weighted by Crippen LogP contribution is 2.20. The molecule has 17 nitrogen and oxygen atoms in total. The van der Waals surface area contributed by atoms with E-state index in [1.807, 2.05) is 0 Å². The van der Waals surface area contributed by atoms with E-state index in [1.54, 1.807) is 0 Å². The first kappa shape index (κ1) is 35.2. The third kappa shape index (κ3) is 8.87. The number of nitrogens with zero attached hydrogens (tertiary/aromatic N) is 2. The SMILES string of the molecule is N[C@@H](CO)C(=O)N1CCC[C@H]1C(=O)N[C@@H](CO)C(=O)N[C@@H](Cc1ccc(O)cc1)C(=O)N[C@@H](CO)C(=O)N1CCC[C@H]1C(=O)O. The molecule has 2 heterocycles. The minimum atomic E-state index is -1.56. The zero-order valence-electron chi connectivity index (χ0n) is 24.5. The summed E-state index contributed by atoms with van der Waals surface area (Å²) in [6, 6.07) is -2.22. The predicted molar refractivity (Wildman–Crippen MR) is 154 cm³/mol. The maximum absolute atomic E-state index is 13.4. The topological polar surface area (TPSA) is 272 Å². The second-order valence-corrected chi connectivity index (χ2v) is 10.9. The van der Waals surface area contributed by atoms with Gasteiger partial charge in [0.1, 0.15) is 42.0 Å². The quantitative estimate of drug-likeness (QED) is 0.0940. The zero-order chi connectivity index (χ0) is 33.3. The summed E-state index contributed by atoms with van der Waals surface area (Å²) in [4.78, 5) is 79.0. The van der Waals surface area contributed by atoms with E-state index in [-0.39, 0.29) is 38.1 Å². The number of hydrogen-bond donors (Lipinski definition) is 9. The Morgan fingerprint density at radius 3 is 1.84 bits per heavy atom. The summed E-state index contributed by atoms with van der Waals surface area (Å²) in [6.45, 7) is -2.06. The Hall–Kier alpha value is -4.32. The molecule has 5 amide bonds. The van der Waals surface area contributed by atoms with Crippen LogP contribution in [-0.2, 0) is 35.2 Å². The lowest BCUT2D eigenvalue weighted by Gasteiger charge is -2.29. The van der Waals surface area contributed by atoms with Gasteiger partial charge in [0, 0.05) is 19.5 Å². The number of phenols is 1. The normalized spacial score (nSPS) is 20.5. The molecule has 3 rings (SSSR count). The minimum Gasteiger partial charge on any atom is -0.508 e. The van der Waals surface area contributed by atoms with Crippen LogP contribution < -0.4 is 21.7 Å². The first-order valence-corrected chi connectivity index (χ1v) is 14.5. The van der Waals surface area contributed by atoms with Crippen LogP contribution in [0.4, 0.5) is 0 Å². The van der Waals surface area contributed by atoms with Gasteiger partial charge in [0.2, 0.25) is 29.5 Å². The average Bonchev–Trinajstić information content (AvgIpc) is 3.72. The molecule has 6 atom stereocenters. The Balaban J connectivity index is 1.75. The molecule has 2 aliphatic heterocycles. The molecular weight excluding hydrogens is 596 g/mol. The highest BCUT2D eigenvalue weighted by molar-refractivity contribution is 5.96. The first-order valence-electron chi connectivity index (χ1n) is 14.5. The van der Waals surface area contributed by atoms with Crippen molar-refractivity contribution in [2.75, 3.05) is 32.9 Å². The Kier molecular flexibility index (Phi) is 12.6. The Bertz CT molecular complexity index is 1250. The van der Waals surface area contributed by atoms with Crippen LogP contribution in [0.1, 0.15) is 31.2 Å². The van der Waals surface area contributed by atoms with Crippen molar-refractivity contribution in [3.8, 4) is 5.75 Å². The summed E-state index contributed by atoms with van der Waals surface area (Å²) < 4.78 is 0. The number of aliphatic hydroxyl groups excluding tert-OH is 3. The summed E-state index contributed by atoms with van der Waals surface area (Å²) in [5.41, 5.74) is 6.08. The molecule has 0 saturated carbocycles. The van der Waals surface area contributed by atoms with E-state index in [0.717, 1.165) is 4.90 Å². The summed E-state index contributed by atoms with van der Waals surface area (Å²) in [5, 5.41) is 55.3. The summed E-state index contributed by atoms with van der Waals surface area (Å²) >= 11 is 0. The van der Waals surface area contributed by atoms with E-state index in [0.29, 0.717) is 18.4 Å². The molecule has 10 N–H and O–H groups in total. The van der Waals surface area contributed by atoms with E-state index in [4.69, 9.17) is 5.73 Å².